The molecule has 0 spiro atoms. The van der Waals surface area contributed by atoms with E-state index in [1.165, 1.54) is 12.0 Å². The van der Waals surface area contributed by atoms with Gasteiger partial charge in [0.15, 0.2) is 6.16 Å². The zero-order valence-corrected chi connectivity index (χ0v) is 6.80. The quantitative estimate of drug-likeness (QED) is 0.458. The Morgan fingerprint density at radius 1 is 1.62 bits per heavy atom. The molecule has 0 aromatic carbocycles. The molecule has 0 aliphatic heterocycles. The molecule has 0 aromatic rings. The SMILES string of the molecule is CCSO[P+](=O)CC. The summed E-state index contributed by atoms with van der Waals surface area (Å²) in [6, 6.07) is 0. The van der Waals surface area contributed by atoms with Gasteiger partial charge in [0.05, 0.1) is 12.0 Å². The van der Waals surface area contributed by atoms with E-state index < -0.39 is 8.03 Å². The Hall–Kier alpha value is 0.410. The molecule has 0 bridgehead atoms. The van der Waals surface area contributed by atoms with Gasteiger partial charge >= 0.3 is 8.03 Å². The van der Waals surface area contributed by atoms with E-state index in [1.54, 1.807) is 0 Å². The van der Waals surface area contributed by atoms with Crippen LogP contribution in [-0.2, 0) is 8.54 Å². The first kappa shape index (κ1) is 8.41. The van der Waals surface area contributed by atoms with E-state index in [-0.39, 0.29) is 0 Å². The Balaban J connectivity index is 2.99. The third-order valence-corrected chi connectivity index (χ3v) is 2.35. The molecule has 2 nitrogen and oxygen atoms in total. The van der Waals surface area contributed by atoms with Crippen molar-refractivity contribution in [3.05, 3.63) is 0 Å². The van der Waals surface area contributed by atoms with Gasteiger partial charge in [0.25, 0.3) is 0 Å². The smallest absolute Gasteiger partial charge is 0.0721 e. The average molecular weight is 153 g/mol. The standard InChI is InChI=1S/C4H10O2PS/c1-3-7(5)6-8-4-2/h3-4H2,1-2H3/q+1. The molecule has 1 atom stereocenters. The minimum Gasteiger partial charge on any atom is -0.0721 e. The van der Waals surface area contributed by atoms with E-state index in [2.05, 4.69) is 0 Å². The van der Waals surface area contributed by atoms with Gasteiger partial charge in [-0.05, 0) is 11.5 Å². The van der Waals surface area contributed by atoms with E-state index in [9.17, 15) is 4.57 Å². The van der Waals surface area contributed by atoms with Crippen molar-refractivity contribution in [1.82, 2.24) is 0 Å². The average Bonchev–Trinajstić information content (AvgIpc) is 1.83. The van der Waals surface area contributed by atoms with Crippen LogP contribution in [0.1, 0.15) is 13.8 Å². The van der Waals surface area contributed by atoms with Crippen LogP contribution in [0.3, 0.4) is 0 Å². The Morgan fingerprint density at radius 2 is 2.25 bits per heavy atom. The highest BCUT2D eigenvalue weighted by Gasteiger charge is 2.11. The van der Waals surface area contributed by atoms with Crippen molar-refractivity contribution in [2.45, 2.75) is 13.8 Å². The number of rotatable bonds is 4. The maximum absolute atomic E-state index is 10.5. The van der Waals surface area contributed by atoms with Gasteiger partial charge in [-0.2, -0.15) is 0 Å². The second kappa shape index (κ2) is 5.54. The van der Waals surface area contributed by atoms with Crippen LogP contribution in [0.2, 0.25) is 0 Å². The predicted octanol–water partition coefficient (Wildman–Crippen LogP) is 2.43. The van der Waals surface area contributed by atoms with Crippen LogP contribution in [-0.4, -0.2) is 11.9 Å². The van der Waals surface area contributed by atoms with E-state index >= 15 is 0 Å². The topological polar surface area (TPSA) is 26.3 Å². The first-order valence-electron chi connectivity index (χ1n) is 2.55. The van der Waals surface area contributed by atoms with Crippen molar-refractivity contribution in [1.29, 1.82) is 0 Å². The summed E-state index contributed by atoms with van der Waals surface area (Å²) in [5, 5.41) is 0. The molecule has 1 unspecified atom stereocenters. The van der Waals surface area contributed by atoms with Crippen molar-refractivity contribution < 1.29 is 8.54 Å². The third-order valence-electron chi connectivity index (χ3n) is 0.512. The largest absolute Gasteiger partial charge is 0.520 e. The normalized spacial score (nSPS) is 11.5. The molecular formula is C4H10O2PS+. The van der Waals surface area contributed by atoms with Crippen molar-refractivity contribution in [3.63, 3.8) is 0 Å². The monoisotopic (exact) mass is 153 g/mol. The predicted molar refractivity (Wildman–Crippen MR) is 37.4 cm³/mol. The molecule has 0 saturated carbocycles. The summed E-state index contributed by atoms with van der Waals surface area (Å²) >= 11 is 1.26. The lowest BCUT2D eigenvalue weighted by Crippen LogP contribution is -1.69. The van der Waals surface area contributed by atoms with Crippen molar-refractivity contribution in [2.24, 2.45) is 0 Å². The highest BCUT2D eigenvalue weighted by molar-refractivity contribution is 7.97. The molecule has 0 saturated heterocycles. The molecular weight excluding hydrogens is 143 g/mol. The van der Waals surface area contributed by atoms with Crippen LogP contribution in [0.15, 0.2) is 0 Å². The fraction of sp³-hybridized carbons (Fsp3) is 1.00. The highest BCUT2D eigenvalue weighted by atomic mass is 32.2. The van der Waals surface area contributed by atoms with E-state index in [1.807, 2.05) is 13.8 Å². The van der Waals surface area contributed by atoms with Gasteiger partial charge in [0.1, 0.15) is 0 Å². The van der Waals surface area contributed by atoms with Crippen LogP contribution >= 0.6 is 20.1 Å². The Labute approximate surface area is 55.1 Å². The Kier molecular flexibility index (Phi) is 5.83. The molecule has 0 amide bonds. The van der Waals surface area contributed by atoms with Gasteiger partial charge in [-0.25, -0.2) is 0 Å². The van der Waals surface area contributed by atoms with Gasteiger partial charge in [-0.1, -0.05) is 10.9 Å². The minimum absolute atomic E-state index is 0.613. The van der Waals surface area contributed by atoms with E-state index in [0.717, 1.165) is 5.75 Å². The van der Waals surface area contributed by atoms with Gasteiger partial charge in [-0.3, -0.25) is 0 Å². The lowest BCUT2D eigenvalue weighted by molar-refractivity contribution is 0.535. The van der Waals surface area contributed by atoms with Gasteiger partial charge in [0.2, 0.25) is 0 Å². The van der Waals surface area contributed by atoms with Crippen molar-refractivity contribution >= 4 is 20.1 Å². The lowest BCUT2D eigenvalue weighted by atomic mass is 11.0. The number of hydrogen-bond donors (Lipinski definition) is 0. The van der Waals surface area contributed by atoms with Crippen LogP contribution in [0.4, 0.5) is 0 Å². The molecule has 0 heterocycles. The molecule has 0 radical (unpaired) electrons. The summed E-state index contributed by atoms with van der Waals surface area (Å²) in [4.78, 5) is 0. The third kappa shape index (κ3) is 4.57. The summed E-state index contributed by atoms with van der Waals surface area (Å²) in [6.45, 7) is 3.80. The molecule has 4 heteroatoms. The van der Waals surface area contributed by atoms with Gasteiger partial charge < -0.3 is 0 Å². The first-order valence-corrected chi connectivity index (χ1v) is 4.82. The fourth-order valence-electron chi connectivity index (χ4n) is 0.164. The highest BCUT2D eigenvalue weighted by Crippen LogP contribution is 2.27. The summed E-state index contributed by atoms with van der Waals surface area (Å²) in [7, 11) is -1.37. The minimum atomic E-state index is -1.37. The number of hydrogen-bond acceptors (Lipinski definition) is 3. The van der Waals surface area contributed by atoms with Crippen molar-refractivity contribution in [2.75, 3.05) is 11.9 Å². The molecule has 0 N–H and O–H groups in total. The maximum atomic E-state index is 10.5. The van der Waals surface area contributed by atoms with Gasteiger partial charge in [0, 0.05) is 5.75 Å². The zero-order valence-electron chi connectivity index (χ0n) is 5.09. The Bertz CT molecular complexity index is 76.4. The second-order valence-corrected chi connectivity index (χ2v) is 3.84. The fourth-order valence-corrected chi connectivity index (χ4v) is 1.48. The molecule has 8 heavy (non-hydrogen) atoms. The van der Waals surface area contributed by atoms with E-state index in [4.69, 9.17) is 3.97 Å². The molecule has 0 aromatic heterocycles. The maximum Gasteiger partial charge on any atom is 0.520 e. The first-order chi connectivity index (χ1) is 3.81. The van der Waals surface area contributed by atoms with E-state index in [0.29, 0.717) is 6.16 Å². The Morgan fingerprint density at radius 3 is 2.62 bits per heavy atom. The zero-order chi connectivity index (χ0) is 6.41. The summed E-state index contributed by atoms with van der Waals surface area (Å²) in [5.41, 5.74) is 0. The molecule has 48 valence electrons. The van der Waals surface area contributed by atoms with Crippen LogP contribution in [0.25, 0.3) is 0 Å². The van der Waals surface area contributed by atoms with Crippen LogP contribution < -0.4 is 0 Å². The second-order valence-electron chi connectivity index (χ2n) is 1.13. The van der Waals surface area contributed by atoms with Crippen LogP contribution in [0, 0.1) is 0 Å². The summed E-state index contributed by atoms with van der Waals surface area (Å²) < 4.78 is 15.2. The molecule has 0 fully saturated rings. The molecule has 0 rings (SSSR count). The molecule has 0 aliphatic carbocycles. The van der Waals surface area contributed by atoms with Crippen LogP contribution in [0.5, 0.6) is 0 Å². The van der Waals surface area contributed by atoms with Gasteiger partial charge in [-0.15, -0.1) is 0 Å². The molecule has 0 aliphatic rings. The summed E-state index contributed by atoms with van der Waals surface area (Å²) in [5.74, 6) is 0.862. The lowest BCUT2D eigenvalue weighted by Gasteiger charge is -1.79. The van der Waals surface area contributed by atoms with Crippen molar-refractivity contribution in [3.8, 4) is 0 Å². The summed E-state index contributed by atoms with van der Waals surface area (Å²) in [6.07, 6.45) is 0.613.